The smallest absolute Gasteiger partial charge is 0.262 e. The van der Waals surface area contributed by atoms with Crippen LogP contribution in [0.4, 0.5) is 5.69 Å². The summed E-state index contributed by atoms with van der Waals surface area (Å²) in [5, 5.41) is 5.21. The molecule has 0 amide bonds. The summed E-state index contributed by atoms with van der Waals surface area (Å²) in [6, 6.07) is 20.6. The highest BCUT2D eigenvalue weighted by Gasteiger charge is 2.22. The molecule has 1 aliphatic heterocycles. The Hall–Kier alpha value is -2.37. The van der Waals surface area contributed by atoms with Crippen LogP contribution in [0.2, 0.25) is 0 Å². The highest BCUT2D eigenvalue weighted by atomic mass is 32.2. The van der Waals surface area contributed by atoms with Crippen LogP contribution in [0.25, 0.3) is 10.8 Å². The van der Waals surface area contributed by atoms with E-state index in [-0.39, 0.29) is 0 Å². The molecule has 1 aliphatic rings. The van der Waals surface area contributed by atoms with E-state index in [0.717, 1.165) is 36.7 Å². The van der Waals surface area contributed by atoms with Crippen LogP contribution >= 0.6 is 0 Å². The van der Waals surface area contributed by atoms with Gasteiger partial charge in [-0.15, -0.1) is 0 Å². The highest BCUT2D eigenvalue weighted by Crippen LogP contribution is 2.34. The molecule has 0 radical (unpaired) electrons. The summed E-state index contributed by atoms with van der Waals surface area (Å²) < 4.78 is 28.7. The van der Waals surface area contributed by atoms with Crippen molar-refractivity contribution in [2.24, 2.45) is 0 Å². The lowest BCUT2D eigenvalue weighted by Crippen LogP contribution is -2.26. The second kappa shape index (κ2) is 7.09. The van der Waals surface area contributed by atoms with Gasteiger partial charge in [0.15, 0.2) is 0 Å². The van der Waals surface area contributed by atoms with E-state index in [2.05, 4.69) is 10.0 Å². The Morgan fingerprint density at radius 3 is 2.19 bits per heavy atom. The van der Waals surface area contributed by atoms with Crippen molar-refractivity contribution >= 4 is 26.5 Å². The van der Waals surface area contributed by atoms with E-state index in [4.69, 9.17) is 0 Å². The van der Waals surface area contributed by atoms with Crippen LogP contribution < -0.4 is 10.0 Å². The molecular formula is C21H22N2O2S. The van der Waals surface area contributed by atoms with E-state index in [1.54, 1.807) is 18.2 Å². The predicted octanol–water partition coefficient (Wildman–Crippen LogP) is 4.11. The van der Waals surface area contributed by atoms with E-state index >= 15 is 0 Å². The van der Waals surface area contributed by atoms with E-state index in [0.29, 0.717) is 16.5 Å². The molecule has 4 rings (SSSR count). The number of hydrogen-bond acceptors (Lipinski definition) is 3. The summed E-state index contributed by atoms with van der Waals surface area (Å²) >= 11 is 0. The molecule has 0 atom stereocenters. The lowest BCUT2D eigenvalue weighted by atomic mass is 9.87. The van der Waals surface area contributed by atoms with Crippen LogP contribution in [0.5, 0.6) is 0 Å². The molecule has 0 unspecified atom stereocenters. The van der Waals surface area contributed by atoms with Crippen molar-refractivity contribution in [2.45, 2.75) is 23.7 Å². The molecule has 0 bridgehead atoms. The minimum Gasteiger partial charge on any atom is -0.317 e. The van der Waals surface area contributed by atoms with Crippen molar-refractivity contribution in [2.75, 3.05) is 17.8 Å². The Bertz CT molecular complexity index is 1010. The predicted molar refractivity (Wildman–Crippen MR) is 106 cm³/mol. The van der Waals surface area contributed by atoms with E-state index in [1.165, 1.54) is 5.56 Å². The molecular weight excluding hydrogens is 344 g/mol. The number of fused-ring (bicyclic) bond motifs is 1. The molecule has 3 aromatic carbocycles. The van der Waals surface area contributed by atoms with Gasteiger partial charge in [0.25, 0.3) is 10.0 Å². The van der Waals surface area contributed by atoms with Crippen LogP contribution in [0.15, 0.2) is 71.6 Å². The van der Waals surface area contributed by atoms with Crippen LogP contribution in [0.1, 0.15) is 24.3 Å². The van der Waals surface area contributed by atoms with Crippen LogP contribution in [0, 0.1) is 0 Å². The first-order valence-corrected chi connectivity index (χ1v) is 10.4. The van der Waals surface area contributed by atoms with Crippen LogP contribution in [0.3, 0.4) is 0 Å². The first-order valence-electron chi connectivity index (χ1n) is 8.95. The first kappa shape index (κ1) is 17.1. The van der Waals surface area contributed by atoms with Gasteiger partial charge in [0.2, 0.25) is 0 Å². The summed E-state index contributed by atoms with van der Waals surface area (Å²) in [6.45, 7) is 2.02. The van der Waals surface area contributed by atoms with Crippen molar-refractivity contribution in [3.63, 3.8) is 0 Å². The quantitative estimate of drug-likeness (QED) is 0.731. The number of piperidine rings is 1. The van der Waals surface area contributed by atoms with Gasteiger partial charge >= 0.3 is 0 Å². The van der Waals surface area contributed by atoms with Crippen molar-refractivity contribution < 1.29 is 8.42 Å². The first-order chi connectivity index (χ1) is 12.6. The largest absolute Gasteiger partial charge is 0.317 e. The highest BCUT2D eigenvalue weighted by molar-refractivity contribution is 7.93. The summed E-state index contributed by atoms with van der Waals surface area (Å²) in [4.78, 5) is 0.328. The monoisotopic (exact) mass is 366 g/mol. The number of sulfonamides is 1. The topological polar surface area (TPSA) is 58.2 Å². The van der Waals surface area contributed by atoms with Gasteiger partial charge in [-0.05, 0) is 61.0 Å². The Labute approximate surface area is 154 Å². The average molecular weight is 366 g/mol. The number of hydrogen-bond donors (Lipinski definition) is 2. The zero-order chi connectivity index (χ0) is 18.0. The van der Waals surface area contributed by atoms with Gasteiger partial charge in [-0.2, -0.15) is 0 Å². The van der Waals surface area contributed by atoms with Crippen molar-refractivity contribution in [1.82, 2.24) is 5.32 Å². The third-order valence-corrected chi connectivity index (χ3v) is 6.45. The lowest BCUT2D eigenvalue weighted by Gasteiger charge is -2.25. The van der Waals surface area contributed by atoms with Gasteiger partial charge in [-0.3, -0.25) is 4.72 Å². The van der Waals surface area contributed by atoms with Crippen molar-refractivity contribution in [3.8, 4) is 0 Å². The molecule has 0 spiro atoms. The lowest BCUT2D eigenvalue weighted by molar-refractivity contribution is 0.462. The Morgan fingerprint density at radius 2 is 1.46 bits per heavy atom. The third kappa shape index (κ3) is 3.32. The molecule has 1 fully saturated rings. The second-order valence-corrected chi connectivity index (χ2v) is 8.35. The Balaban J connectivity index is 1.79. The zero-order valence-electron chi connectivity index (χ0n) is 14.5. The SMILES string of the molecule is O=S(=O)(Nc1ccccc1)c1ccc(C2CCNCC2)c2ccccc12. The van der Waals surface area contributed by atoms with E-state index in [9.17, 15) is 8.42 Å². The standard InChI is InChI=1S/C21H22N2O2S/c24-26(25,23-17-6-2-1-3-7-17)21-11-10-18(16-12-14-22-15-13-16)19-8-4-5-9-20(19)21/h1-11,16,22-23H,12-15H2. The maximum Gasteiger partial charge on any atom is 0.262 e. The number of benzene rings is 3. The Kier molecular flexibility index (Phi) is 4.66. The number of anilines is 1. The number of rotatable bonds is 4. The van der Waals surface area contributed by atoms with Crippen LogP contribution in [-0.4, -0.2) is 21.5 Å². The maximum atomic E-state index is 13.0. The van der Waals surface area contributed by atoms with Crippen LogP contribution in [-0.2, 0) is 10.0 Å². The van der Waals surface area contributed by atoms with E-state index in [1.807, 2.05) is 48.5 Å². The fourth-order valence-electron chi connectivity index (χ4n) is 3.73. The summed E-state index contributed by atoms with van der Waals surface area (Å²) in [6.07, 6.45) is 2.16. The minimum atomic E-state index is -3.65. The third-order valence-electron chi connectivity index (χ3n) is 5.01. The summed E-state index contributed by atoms with van der Waals surface area (Å²) in [7, 11) is -3.65. The molecule has 1 heterocycles. The van der Waals surface area contributed by atoms with Gasteiger partial charge in [0.1, 0.15) is 0 Å². The molecule has 5 heteroatoms. The summed E-state index contributed by atoms with van der Waals surface area (Å²) in [5.41, 5.74) is 1.82. The molecule has 0 saturated carbocycles. The van der Waals surface area contributed by atoms with Crippen molar-refractivity contribution in [3.05, 3.63) is 72.3 Å². The number of nitrogens with one attached hydrogen (secondary N) is 2. The Morgan fingerprint density at radius 1 is 0.808 bits per heavy atom. The van der Waals surface area contributed by atoms with Gasteiger partial charge in [-0.25, -0.2) is 8.42 Å². The van der Waals surface area contributed by atoms with Gasteiger partial charge in [0.05, 0.1) is 4.90 Å². The average Bonchev–Trinajstić information content (AvgIpc) is 2.68. The number of para-hydroxylation sites is 1. The molecule has 2 N–H and O–H groups in total. The molecule has 3 aromatic rings. The van der Waals surface area contributed by atoms with Crippen molar-refractivity contribution in [1.29, 1.82) is 0 Å². The molecule has 0 aromatic heterocycles. The molecule has 1 saturated heterocycles. The van der Waals surface area contributed by atoms with Gasteiger partial charge in [-0.1, -0.05) is 48.5 Å². The van der Waals surface area contributed by atoms with E-state index < -0.39 is 10.0 Å². The molecule has 4 nitrogen and oxygen atoms in total. The zero-order valence-corrected chi connectivity index (χ0v) is 15.3. The van der Waals surface area contributed by atoms with Gasteiger partial charge in [0, 0.05) is 11.1 Å². The fourth-order valence-corrected chi connectivity index (χ4v) is 5.01. The summed E-state index contributed by atoms with van der Waals surface area (Å²) in [5.74, 6) is 0.472. The molecule has 134 valence electrons. The normalized spacial score (nSPS) is 15.8. The maximum absolute atomic E-state index is 13.0. The fraction of sp³-hybridized carbons (Fsp3) is 0.238. The second-order valence-electron chi connectivity index (χ2n) is 6.69. The minimum absolute atomic E-state index is 0.328. The molecule has 0 aliphatic carbocycles. The molecule has 26 heavy (non-hydrogen) atoms. The van der Waals surface area contributed by atoms with Gasteiger partial charge < -0.3 is 5.32 Å².